The predicted octanol–water partition coefficient (Wildman–Crippen LogP) is 3.54. The number of nitrogens with zero attached hydrogens (tertiary/aromatic N) is 2. The van der Waals surface area contributed by atoms with E-state index in [1.165, 1.54) is 0 Å². The van der Waals surface area contributed by atoms with Crippen LogP contribution >= 0.6 is 0 Å². The zero-order valence-corrected chi connectivity index (χ0v) is 16.8. The van der Waals surface area contributed by atoms with Crippen molar-refractivity contribution in [2.75, 3.05) is 0 Å². The molecular formula is C23H19N3O3S. The van der Waals surface area contributed by atoms with E-state index in [4.69, 9.17) is 9.29 Å². The van der Waals surface area contributed by atoms with Crippen LogP contribution in [0.1, 0.15) is 22.5 Å². The van der Waals surface area contributed by atoms with Gasteiger partial charge in [-0.15, -0.1) is 0 Å². The first-order valence-electron chi connectivity index (χ1n) is 9.28. The Morgan fingerprint density at radius 1 is 1.03 bits per heavy atom. The van der Waals surface area contributed by atoms with Crippen LogP contribution in [0.15, 0.2) is 79.0 Å². The lowest BCUT2D eigenvalue weighted by Gasteiger charge is -2.07. The average Bonchev–Trinajstić information content (AvgIpc) is 3.13. The number of hydrogen-bond donors (Lipinski definition) is 2. The predicted molar refractivity (Wildman–Crippen MR) is 116 cm³/mol. The number of imidazole rings is 1. The van der Waals surface area contributed by atoms with Crippen LogP contribution in [0.2, 0.25) is 0 Å². The molecule has 0 amide bonds. The van der Waals surface area contributed by atoms with Crippen molar-refractivity contribution in [2.45, 2.75) is 13.2 Å². The number of nitrogens with one attached hydrogen (secondary N) is 1. The van der Waals surface area contributed by atoms with E-state index in [2.05, 4.69) is 21.5 Å². The minimum Gasteiger partial charge on any atom is -0.487 e. The molecule has 1 unspecified atom stereocenters. The van der Waals surface area contributed by atoms with Crippen molar-refractivity contribution in [2.24, 2.45) is 0 Å². The van der Waals surface area contributed by atoms with Crippen molar-refractivity contribution >= 4 is 16.9 Å². The first-order chi connectivity index (χ1) is 14.7. The third-order valence-electron chi connectivity index (χ3n) is 4.37. The first kappa shape index (κ1) is 19.9. The van der Waals surface area contributed by atoms with Crippen molar-refractivity contribution in [3.63, 3.8) is 0 Å². The average molecular weight is 417 g/mol. The summed E-state index contributed by atoms with van der Waals surface area (Å²) in [4.78, 5) is 4.67. The summed E-state index contributed by atoms with van der Waals surface area (Å²) >= 11 is -2.06. The summed E-state index contributed by atoms with van der Waals surface area (Å²) in [6.07, 6.45) is 1.93. The first-order valence-corrected chi connectivity index (χ1v) is 10.4. The summed E-state index contributed by atoms with van der Waals surface area (Å²) in [5, 5.41) is 0. The molecule has 0 aliphatic heterocycles. The molecule has 4 rings (SSSR count). The van der Waals surface area contributed by atoms with E-state index >= 15 is 0 Å². The topological polar surface area (TPSA) is 75.9 Å². The lowest BCUT2D eigenvalue weighted by molar-refractivity contribution is 0.301. The van der Waals surface area contributed by atoms with Crippen molar-refractivity contribution in [3.8, 4) is 17.6 Å². The van der Waals surface area contributed by atoms with E-state index in [1.54, 1.807) is 0 Å². The van der Waals surface area contributed by atoms with Crippen LogP contribution in [0.25, 0.3) is 5.65 Å². The molecule has 0 spiro atoms. The molecular weight excluding hydrogens is 398 g/mol. The molecule has 0 aliphatic rings. The minimum atomic E-state index is -2.06. The van der Waals surface area contributed by atoms with Crippen molar-refractivity contribution in [3.05, 3.63) is 102 Å². The highest BCUT2D eigenvalue weighted by Crippen LogP contribution is 2.18. The van der Waals surface area contributed by atoms with E-state index in [0.717, 1.165) is 28.2 Å². The molecule has 2 aromatic heterocycles. The van der Waals surface area contributed by atoms with E-state index in [1.807, 2.05) is 83.4 Å². The number of aromatic nitrogens is 2. The molecule has 2 heterocycles. The van der Waals surface area contributed by atoms with Gasteiger partial charge in [-0.1, -0.05) is 42.3 Å². The fourth-order valence-corrected chi connectivity index (χ4v) is 3.26. The standard InChI is InChI=1S/C23H19N3O3S/c27-30(28)24-16-19-9-6-10-20(15-19)29-17-21-22(13-12-18-7-2-1-3-8-18)26-14-5-4-11-23(26)25-21/h1-11,14-15,24H,16-17H2,(H,27,28). The van der Waals surface area contributed by atoms with Gasteiger partial charge in [0.15, 0.2) is 0 Å². The molecule has 150 valence electrons. The van der Waals surface area contributed by atoms with Crippen LogP contribution in [-0.4, -0.2) is 18.1 Å². The van der Waals surface area contributed by atoms with Gasteiger partial charge in [-0.05, 0) is 47.9 Å². The summed E-state index contributed by atoms with van der Waals surface area (Å²) in [6.45, 7) is 0.520. The lowest BCUT2D eigenvalue weighted by atomic mass is 10.2. The summed E-state index contributed by atoms with van der Waals surface area (Å²) in [7, 11) is 0. The molecule has 0 saturated carbocycles. The van der Waals surface area contributed by atoms with Crippen LogP contribution in [0.3, 0.4) is 0 Å². The number of benzene rings is 2. The zero-order valence-electron chi connectivity index (χ0n) is 16.0. The van der Waals surface area contributed by atoms with E-state index < -0.39 is 11.3 Å². The second-order valence-corrected chi connectivity index (χ2v) is 7.25. The molecule has 4 aromatic rings. The van der Waals surface area contributed by atoms with Crippen LogP contribution in [0.4, 0.5) is 0 Å². The Bertz CT molecular complexity index is 1240. The molecule has 0 radical (unpaired) electrons. The molecule has 2 aromatic carbocycles. The van der Waals surface area contributed by atoms with Crippen molar-refractivity contribution in [1.82, 2.24) is 14.1 Å². The molecule has 6 nitrogen and oxygen atoms in total. The Morgan fingerprint density at radius 3 is 2.70 bits per heavy atom. The lowest BCUT2D eigenvalue weighted by Crippen LogP contribution is -2.15. The number of fused-ring (bicyclic) bond motifs is 1. The van der Waals surface area contributed by atoms with Gasteiger partial charge < -0.3 is 4.74 Å². The second-order valence-electron chi connectivity index (χ2n) is 6.46. The van der Waals surface area contributed by atoms with E-state index in [-0.39, 0.29) is 13.2 Å². The normalized spacial score (nSPS) is 11.6. The van der Waals surface area contributed by atoms with Gasteiger partial charge in [0.25, 0.3) is 0 Å². The highest BCUT2D eigenvalue weighted by molar-refractivity contribution is 7.77. The SMILES string of the molecule is O=S(O)NCc1cccc(OCc2nc3ccccn3c2C#Cc2ccccc2)c1. The number of hydrogen-bond acceptors (Lipinski definition) is 3. The third-order valence-corrected chi connectivity index (χ3v) is 4.77. The van der Waals surface area contributed by atoms with Crippen LogP contribution in [0, 0.1) is 11.8 Å². The van der Waals surface area contributed by atoms with Gasteiger partial charge in [0.1, 0.15) is 29.4 Å². The fraction of sp³-hybridized carbons (Fsp3) is 0.0870. The molecule has 7 heteroatoms. The molecule has 30 heavy (non-hydrogen) atoms. The summed E-state index contributed by atoms with van der Waals surface area (Å²) < 4.78 is 30.0. The minimum absolute atomic E-state index is 0.253. The van der Waals surface area contributed by atoms with Gasteiger partial charge >= 0.3 is 0 Å². The maximum absolute atomic E-state index is 10.8. The van der Waals surface area contributed by atoms with Gasteiger partial charge in [0.2, 0.25) is 11.3 Å². The van der Waals surface area contributed by atoms with Crippen LogP contribution in [0.5, 0.6) is 5.75 Å². The number of rotatable bonds is 6. The van der Waals surface area contributed by atoms with Gasteiger partial charge in [-0.2, -0.15) is 0 Å². The van der Waals surface area contributed by atoms with Crippen LogP contribution < -0.4 is 9.46 Å². The van der Waals surface area contributed by atoms with Gasteiger partial charge in [-0.25, -0.2) is 13.9 Å². The summed E-state index contributed by atoms with van der Waals surface area (Å²) in [5.74, 6) is 7.07. The fourth-order valence-electron chi connectivity index (χ4n) is 2.97. The van der Waals surface area contributed by atoms with Gasteiger partial charge in [0, 0.05) is 18.3 Å². The highest BCUT2D eigenvalue weighted by Gasteiger charge is 2.11. The van der Waals surface area contributed by atoms with Gasteiger partial charge in [0.05, 0.1) is 0 Å². The zero-order chi connectivity index (χ0) is 20.8. The maximum atomic E-state index is 10.8. The molecule has 0 fully saturated rings. The molecule has 2 N–H and O–H groups in total. The number of pyridine rings is 1. The Morgan fingerprint density at radius 2 is 1.87 bits per heavy atom. The molecule has 0 bridgehead atoms. The Kier molecular flexibility index (Phi) is 6.20. The second kappa shape index (κ2) is 9.37. The summed E-state index contributed by atoms with van der Waals surface area (Å²) in [6, 6.07) is 23.0. The number of ether oxygens (including phenoxy) is 1. The van der Waals surface area contributed by atoms with E-state index in [0.29, 0.717) is 5.75 Å². The Hall–Kier alpha value is -3.44. The maximum Gasteiger partial charge on any atom is 0.232 e. The Labute approximate surface area is 177 Å². The highest BCUT2D eigenvalue weighted by atomic mass is 32.2. The molecule has 1 atom stereocenters. The van der Waals surface area contributed by atoms with Gasteiger partial charge in [-0.3, -0.25) is 8.95 Å². The van der Waals surface area contributed by atoms with Crippen molar-refractivity contribution in [1.29, 1.82) is 0 Å². The monoisotopic (exact) mass is 417 g/mol. The molecule has 0 aliphatic carbocycles. The third kappa shape index (κ3) is 4.93. The largest absolute Gasteiger partial charge is 0.487 e. The van der Waals surface area contributed by atoms with Crippen LogP contribution in [-0.2, 0) is 24.4 Å². The quantitative estimate of drug-likeness (QED) is 0.372. The Balaban J connectivity index is 1.58. The summed E-state index contributed by atoms with van der Waals surface area (Å²) in [5.41, 5.74) is 4.09. The van der Waals surface area contributed by atoms with Crippen molar-refractivity contribution < 1.29 is 13.5 Å². The van der Waals surface area contributed by atoms with E-state index in [9.17, 15) is 4.21 Å². The molecule has 0 saturated heterocycles. The smallest absolute Gasteiger partial charge is 0.232 e.